The number of hydrogen-bond acceptors (Lipinski definition) is 3. The Bertz CT molecular complexity index is 824. The van der Waals surface area contributed by atoms with Gasteiger partial charge in [0.25, 0.3) is 5.91 Å². The number of likely N-dealkylation sites (tertiary alicyclic amines) is 1. The monoisotopic (exact) mass is 395 g/mol. The highest BCUT2D eigenvalue weighted by Crippen LogP contribution is 2.27. The zero-order chi connectivity index (χ0) is 16.8. The van der Waals surface area contributed by atoms with E-state index in [4.69, 9.17) is 0 Å². The predicted molar refractivity (Wildman–Crippen MR) is 111 cm³/mol. The number of nitrogens with one attached hydrogen (secondary N) is 1. The molecule has 2 aliphatic heterocycles. The van der Waals surface area contributed by atoms with Crippen molar-refractivity contribution in [2.45, 2.75) is 52.1 Å². The van der Waals surface area contributed by atoms with E-state index in [-0.39, 0.29) is 30.7 Å². The maximum Gasteiger partial charge on any atom is 0.254 e. The molecule has 26 heavy (non-hydrogen) atoms. The second-order valence-corrected chi connectivity index (χ2v) is 7.40. The van der Waals surface area contributed by atoms with Crippen LogP contribution in [0.5, 0.6) is 0 Å². The molecular formula is C20H27Cl2N3O. The van der Waals surface area contributed by atoms with Crippen LogP contribution in [0.25, 0.3) is 10.9 Å². The zero-order valence-corrected chi connectivity index (χ0v) is 17.2. The zero-order valence-electron chi connectivity index (χ0n) is 15.5. The summed E-state index contributed by atoms with van der Waals surface area (Å²) in [5.74, 6) is 0.169. The second kappa shape index (κ2) is 8.12. The van der Waals surface area contributed by atoms with Crippen LogP contribution in [0.3, 0.4) is 0 Å². The van der Waals surface area contributed by atoms with Crippen LogP contribution >= 0.6 is 24.8 Å². The molecule has 1 aromatic carbocycles. The summed E-state index contributed by atoms with van der Waals surface area (Å²) in [7, 11) is 0. The highest BCUT2D eigenvalue weighted by molar-refractivity contribution is 6.07. The minimum atomic E-state index is 0. The minimum absolute atomic E-state index is 0. The van der Waals surface area contributed by atoms with Gasteiger partial charge in [0.05, 0.1) is 11.1 Å². The number of amides is 1. The van der Waals surface area contributed by atoms with Crippen molar-refractivity contribution in [2.24, 2.45) is 0 Å². The average Bonchev–Trinajstić information content (AvgIpc) is 2.88. The third-order valence-corrected chi connectivity index (χ3v) is 5.65. The molecule has 2 saturated heterocycles. The van der Waals surface area contributed by atoms with E-state index in [1.165, 1.54) is 12.8 Å². The molecule has 4 rings (SSSR count). The molecule has 142 valence electrons. The lowest BCUT2D eigenvalue weighted by Crippen LogP contribution is -2.39. The molecule has 1 N–H and O–H groups in total. The molecule has 1 aromatic heterocycles. The fourth-order valence-electron chi connectivity index (χ4n) is 4.16. The number of pyridine rings is 1. The third kappa shape index (κ3) is 3.68. The van der Waals surface area contributed by atoms with Gasteiger partial charge in [-0.1, -0.05) is 11.6 Å². The Kier molecular flexibility index (Phi) is 6.54. The van der Waals surface area contributed by atoms with Crippen LogP contribution < -0.4 is 5.32 Å². The van der Waals surface area contributed by atoms with Crippen LogP contribution in [-0.2, 0) is 0 Å². The molecule has 2 atom stereocenters. The van der Waals surface area contributed by atoms with E-state index in [0.717, 1.165) is 52.8 Å². The third-order valence-electron chi connectivity index (χ3n) is 5.65. The first-order valence-corrected chi connectivity index (χ1v) is 8.96. The molecule has 2 aromatic rings. The van der Waals surface area contributed by atoms with E-state index < -0.39 is 0 Å². The number of aromatic nitrogens is 1. The van der Waals surface area contributed by atoms with Crippen LogP contribution in [0.2, 0.25) is 0 Å². The van der Waals surface area contributed by atoms with Gasteiger partial charge in [0.15, 0.2) is 0 Å². The summed E-state index contributed by atoms with van der Waals surface area (Å²) in [5, 5.41) is 4.65. The largest absolute Gasteiger partial charge is 0.337 e. The Morgan fingerprint density at radius 3 is 2.62 bits per heavy atom. The van der Waals surface area contributed by atoms with Gasteiger partial charge in [0.1, 0.15) is 0 Å². The van der Waals surface area contributed by atoms with Gasteiger partial charge in [0.2, 0.25) is 0 Å². The maximum atomic E-state index is 13.4. The van der Waals surface area contributed by atoms with Gasteiger partial charge in [-0.15, -0.1) is 24.8 Å². The van der Waals surface area contributed by atoms with E-state index in [0.29, 0.717) is 12.1 Å². The van der Waals surface area contributed by atoms with E-state index in [1.54, 1.807) is 0 Å². The van der Waals surface area contributed by atoms with E-state index in [1.807, 2.05) is 19.9 Å². The second-order valence-electron chi connectivity index (χ2n) is 7.40. The van der Waals surface area contributed by atoms with Crippen LogP contribution in [0, 0.1) is 20.8 Å². The molecular weight excluding hydrogens is 369 g/mol. The molecule has 0 unspecified atom stereocenters. The molecule has 6 heteroatoms. The Morgan fingerprint density at radius 1 is 1.12 bits per heavy atom. The summed E-state index contributed by atoms with van der Waals surface area (Å²) >= 11 is 0. The van der Waals surface area contributed by atoms with Crippen LogP contribution in [0.4, 0.5) is 0 Å². The number of carbonyl (C=O) groups excluding carboxylic acids is 1. The number of rotatable bonds is 1. The number of fused-ring (bicyclic) bond motifs is 3. The van der Waals surface area contributed by atoms with Gasteiger partial charge >= 0.3 is 0 Å². The summed E-state index contributed by atoms with van der Waals surface area (Å²) in [5.41, 5.74) is 4.89. The summed E-state index contributed by atoms with van der Waals surface area (Å²) in [6.45, 7) is 7.76. The molecule has 3 heterocycles. The van der Waals surface area contributed by atoms with Crippen molar-refractivity contribution in [3.63, 3.8) is 0 Å². The van der Waals surface area contributed by atoms with Gasteiger partial charge in [-0.25, -0.2) is 0 Å². The molecule has 0 aliphatic carbocycles. The highest BCUT2D eigenvalue weighted by atomic mass is 35.5. The summed E-state index contributed by atoms with van der Waals surface area (Å²) in [6.07, 6.45) is 3.49. The standard InChI is InChI=1S/C20H25N3O.2ClH/c1-12-4-7-18-17(10-12)19(13(2)14(3)21-18)20(24)23-9-8-15-5-6-16(11-23)22-15;;/h4,7,10,15-16,22H,5-6,8-9,11H2,1-3H3;2*1H/t15-,16+;;/m1../s1. The first kappa shape index (κ1) is 20.9. The molecule has 1 amide bonds. The van der Waals surface area contributed by atoms with Crippen molar-refractivity contribution in [1.82, 2.24) is 15.2 Å². The molecule has 2 aliphatic rings. The molecule has 4 nitrogen and oxygen atoms in total. The van der Waals surface area contributed by atoms with Crippen LogP contribution in [-0.4, -0.2) is 41.0 Å². The number of benzene rings is 1. The predicted octanol–water partition coefficient (Wildman–Crippen LogP) is 3.97. The topological polar surface area (TPSA) is 45.2 Å². The summed E-state index contributed by atoms with van der Waals surface area (Å²) in [4.78, 5) is 20.1. The van der Waals surface area contributed by atoms with Gasteiger partial charge in [-0.2, -0.15) is 0 Å². The molecule has 2 fully saturated rings. The van der Waals surface area contributed by atoms with Crippen LogP contribution in [0.1, 0.15) is 46.4 Å². The maximum absolute atomic E-state index is 13.4. The number of nitrogens with zero attached hydrogens (tertiary/aromatic N) is 2. The fourth-order valence-corrected chi connectivity index (χ4v) is 4.16. The first-order valence-electron chi connectivity index (χ1n) is 8.96. The normalized spacial score (nSPS) is 21.7. The number of hydrogen-bond donors (Lipinski definition) is 1. The average molecular weight is 396 g/mol. The lowest BCUT2D eigenvalue weighted by Gasteiger charge is -2.26. The molecule has 2 bridgehead atoms. The Balaban J connectivity index is 0.00000121. The quantitative estimate of drug-likeness (QED) is 0.794. The van der Waals surface area contributed by atoms with Crippen molar-refractivity contribution >= 4 is 41.6 Å². The van der Waals surface area contributed by atoms with Gasteiger partial charge < -0.3 is 10.2 Å². The smallest absolute Gasteiger partial charge is 0.254 e. The molecule has 0 spiro atoms. The van der Waals surface area contributed by atoms with Gasteiger partial charge in [-0.3, -0.25) is 9.78 Å². The summed E-state index contributed by atoms with van der Waals surface area (Å²) < 4.78 is 0. The van der Waals surface area contributed by atoms with E-state index in [2.05, 4.69) is 34.3 Å². The summed E-state index contributed by atoms with van der Waals surface area (Å²) in [6, 6.07) is 7.24. The Morgan fingerprint density at radius 2 is 1.85 bits per heavy atom. The van der Waals surface area contributed by atoms with Gasteiger partial charge in [-0.05, 0) is 57.7 Å². The number of carbonyl (C=O) groups is 1. The van der Waals surface area contributed by atoms with Crippen molar-refractivity contribution in [1.29, 1.82) is 0 Å². The number of halogens is 2. The van der Waals surface area contributed by atoms with Crippen molar-refractivity contribution < 1.29 is 4.79 Å². The van der Waals surface area contributed by atoms with E-state index >= 15 is 0 Å². The van der Waals surface area contributed by atoms with E-state index in [9.17, 15) is 4.79 Å². The number of aryl methyl sites for hydroxylation is 2. The van der Waals surface area contributed by atoms with Crippen molar-refractivity contribution in [3.05, 3.63) is 40.6 Å². The molecule has 0 saturated carbocycles. The lowest BCUT2D eigenvalue weighted by molar-refractivity contribution is 0.0749. The minimum Gasteiger partial charge on any atom is -0.337 e. The Labute approximate surface area is 167 Å². The SMILES string of the molecule is Cc1ccc2nc(C)c(C)c(C(=O)N3CC[C@H]4CC[C@@H](C3)N4)c2c1.Cl.Cl. The lowest BCUT2D eigenvalue weighted by atomic mass is 9.98. The van der Waals surface area contributed by atoms with Gasteiger partial charge in [0, 0.05) is 36.3 Å². The van der Waals surface area contributed by atoms with Crippen molar-refractivity contribution in [3.8, 4) is 0 Å². The highest BCUT2D eigenvalue weighted by Gasteiger charge is 2.32. The molecule has 0 radical (unpaired) electrons. The Hall–Kier alpha value is -1.36. The fraction of sp³-hybridized carbons (Fsp3) is 0.500. The first-order chi connectivity index (χ1) is 11.5. The van der Waals surface area contributed by atoms with Crippen LogP contribution in [0.15, 0.2) is 18.2 Å². The van der Waals surface area contributed by atoms with Crippen molar-refractivity contribution in [2.75, 3.05) is 13.1 Å².